The number of hydrogen-bond donors (Lipinski definition) is 2. The Labute approximate surface area is 160 Å². The molecule has 0 fully saturated rings. The molecule has 0 radical (unpaired) electrons. The van der Waals surface area contributed by atoms with Gasteiger partial charge in [-0.25, -0.2) is 4.68 Å². The summed E-state index contributed by atoms with van der Waals surface area (Å²) < 4.78 is 1.92. The zero-order valence-electron chi connectivity index (χ0n) is 15.0. The molecule has 134 valence electrons. The normalized spacial score (nSPS) is 10.5. The lowest BCUT2D eigenvalue weighted by molar-refractivity contribution is 0.739. The summed E-state index contributed by atoms with van der Waals surface area (Å²) in [5.41, 5.74) is 4.22. The average molecular weight is 365 g/mol. The van der Waals surface area contributed by atoms with E-state index in [9.17, 15) is 0 Å². The summed E-state index contributed by atoms with van der Waals surface area (Å²) >= 11 is 5.38. The molecule has 3 aromatic rings. The highest BCUT2D eigenvalue weighted by atomic mass is 32.1. The highest BCUT2D eigenvalue weighted by molar-refractivity contribution is 7.80. The molecule has 0 saturated carbocycles. The average Bonchev–Trinajstić information content (AvgIpc) is 3.12. The zero-order valence-corrected chi connectivity index (χ0v) is 15.8. The van der Waals surface area contributed by atoms with Crippen molar-refractivity contribution in [3.63, 3.8) is 0 Å². The van der Waals surface area contributed by atoms with Crippen LogP contribution >= 0.6 is 12.2 Å². The number of para-hydroxylation sites is 1. The Morgan fingerprint density at radius 2 is 1.69 bits per heavy atom. The van der Waals surface area contributed by atoms with Crippen LogP contribution in [0.4, 0.5) is 0 Å². The maximum atomic E-state index is 5.38. The van der Waals surface area contributed by atoms with Crippen molar-refractivity contribution in [1.29, 1.82) is 0 Å². The second-order valence-electron chi connectivity index (χ2n) is 6.11. The summed E-state index contributed by atoms with van der Waals surface area (Å²) in [4.78, 5) is 0. The Morgan fingerprint density at radius 1 is 1.00 bits per heavy atom. The predicted octanol–water partition coefficient (Wildman–Crippen LogP) is 4.30. The second kappa shape index (κ2) is 9.15. The number of nitrogens with zero attached hydrogens (tertiary/aromatic N) is 2. The summed E-state index contributed by atoms with van der Waals surface area (Å²) in [5.74, 6) is 0. The van der Waals surface area contributed by atoms with Crippen LogP contribution in [-0.4, -0.2) is 21.4 Å². The molecule has 2 aromatic carbocycles. The van der Waals surface area contributed by atoms with E-state index in [0.29, 0.717) is 11.7 Å². The van der Waals surface area contributed by atoms with Crippen molar-refractivity contribution in [2.45, 2.75) is 26.3 Å². The van der Waals surface area contributed by atoms with Gasteiger partial charge in [0.1, 0.15) is 0 Å². The van der Waals surface area contributed by atoms with E-state index in [-0.39, 0.29) is 0 Å². The lowest BCUT2D eigenvalue weighted by atomic mass is 10.1. The molecule has 5 heteroatoms. The molecule has 0 aliphatic heterocycles. The first-order valence-electron chi connectivity index (χ1n) is 8.99. The molecule has 3 rings (SSSR count). The van der Waals surface area contributed by atoms with Crippen LogP contribution < -0.4 is 10.6 Å². The van der Waals surface area contributed by atoms with E-state index in [2.05, 4.69) is 48.0 Å². The van der Waals surface area contributed by atoms with Crippen LogP contribution in [0, 0.1) is 0 Å². The summed E-state index contributed by atoms with van der Waals surface area (Å²) in [6.45, 7) is 3.70. The van der Waals surface area contributed by atoms with Crippen molar-refractivity contribution in [1.82, 2.24) is 20.4 Å². The number of hydrogen-bond acceptors (Lipinski definition) is 2. The van der Waals surface area contributed by atoms with E-state index in [1.807, 2.05) is 41.1 Å². The molecule has 1 aromatic heterocycles. The largest absolute Gasteiger partial charge is 0.363 e. The molecule has 26 heavy (non-hydrogen) atoms. The SMILES string of the molecule is CCCCNC(=S)NCc1cn(-c2ccccc2)nc1-c1ccccc1. The van der Waals surface area contributed by atoms with Crippen LogP contribution in [0.2, 0.25) is 0 Å². The smallest absolute Gasteiger partial charge is 0.166 e. The molecule has 0 aliphatic carbocycles. The summed E-state index contributed by atoms with van der Waals surface area (Å²) in [7, 11) is 0. The summed E-state index contributed by atoms with van der Waals surface area (Å²) in [6, 6.07) is 20.4. The van der Waals surface area contributed by atoms with E-state index < -0.39 is 0 Å². The zero-order chi connectivity index (χ0) is 18.2. The van der Waals surface area contributed by atoms with Crippen LogP contribution in [0.25, 0.3) is 16.9 Å². The maximum Gasteiger partial charge on any atom is 0.166 e. The van der Waals surface area contributed by atoms with Gasteiger partial charge in [0.2, 0.25) is 0 Å². The molecule has 0 bridgehead atoms. The molecular formula is C21H24N4S. The van der Waals surface area contributed by atoms with E-state index in [1.165, 1.54) is 0 Å². The molecule has 0 unspecified atom stereocenters. The highest BCUT2D eigenvalue weighted by Gasteiger charge is 2.12. The minimum absolute atomic E-state index is 0.634. The van der Waals surface area contributed by atoms with Gasteiger partial charge in [-0.2, -0.15) is 5.10 Å². The molecule has 2 N–H and O–H groups in total. The van der Waals surface area contributed by atoms with Crippen LogP contribution in [0.15, 0.2) is 66.9 Å². The fourth-order valence-electron chi connectivity index (χ4n) is 2.71. The third-order valence-electron chi connectivity index (χ3n) is 4.11. The van der Waals surface area contributed by atoms with E-state index in [4.69, 9.17) is 17.3 Å². The van der Waals surface area contributed by atoms with Gasteiger partial charge in [0, 0.05) is 30.4 Å². The van der Waals surface area contributed by atoms with Gasteiger partial charge in [0.15, 0.2) is 5.11 Å². The van der Waals surface area contributed by atoms with Crippen molar-refractivity contribution in [2.24, 2.45) is 0 Å². The Bertz CT molecular complexity index is 828. The number of thiocarbonyl (C=S) groups is 1. The number of aromatic nitrogens is 2. The van der Waals surface area contributed by atoms with Crippen molar-refractivity contribution < 1.29 is 0 Å². The van der Waals surface area contributed by atoms with Gasteiger partial charge >= 0.3 is 0 Å². The summed E-state index contributed by atoms with van der Waals surface area (Å²) in [6.07, 6.45) is 4.33. The Kier molecular flexibility index (Phi) is 6.39. The van der Waals surface area contributed by atoms with Crippen LogP contribution in [0.1, 0.15) is 25.3 Å². The number of benzene rings is 2. The first-order chi connectivity index (χ1) is 12.8. The number of unbranched alkanes of at least 4 members (excludes halogenated alkanes) is 1. The second-order valence-corrected chi connectivity index (χ2v) is 6.52. The molecule has 0 aliphatic rings. The number of nitrogens with one attached hydrogen (secondary N) is 2. The van der Waals surface area contributed by atoms with E-state index in [1.54, 1.807) is 0 Å². The first kappa shape index (κ1) is 18.1. The predicted molar refractivity (Wildman–Crippen MR) is 111 cm³/mol. The lowest BCUT2D eigenvalue weighted by Crippen LogP contribution is -2.35. The third kappa shape index (κ3) is 4.70. The van der Waals surface area contributed by atoms with Crippen molar-refractivity contribution in [2.75, 3.05) is 6.54 Å². The van der Waals surface area contributed by atoms with Gasteiger partial charge in [-0.05, 0) is 30.8 Å². The number of rotatable bonds is 7. The Hall–Kier alpha value is -2.66. The first-order valence-corrected chi connectivity index (χ1v) is 9.40. The lowest BCUT2D eigenvalue weighted by Gasteiger charge is -2.10. The van der Waals surface area contributed by atoms with Crippen molar-refractivity contribution in [3.8, 4) is 16.9 Å². The van der Waals surface area contributed by atoms with Gasteiger partial charge in [-0.1, -0.05) is 61.9 Å². The Balaban J connectivity index is 1.81. The van der Waals surface area contributed by atoms with Gasteiger partial charge in [0.25, 0.3) is 0 Å². The van der Waals surface area contributed by atoms with Crippen LogP contribution in [0.5, 0.6) is 0 Å². The molecule has 1 heterocycles. The third-order valence-corrected chi connectivity index (χ3v) is 4.40. The van der Waals surface area contributed by atoms with Crippen LogP contribution in [0.3, 0.4) is 0 Å². The quantitative estimate of drug-likeness (QED) is 0.484. The van der Waals surface area contributed by atoms with Gasteiger partial charge in [0.05, 0.1) is 11.4 Å². The maximum absolute atomic E-state index is 5.38. The minimum atomic E-state index is 0.634. The molecular weight excluding hydrogens is 340 g/mol. The fraction of sp³-hybridized carbons (Fsp3) is 0.238. The molecule has 0 atom stereocenters. The summed E-state index contributed by atoms with van der Waals surface area (Å²) in [5, 5.41) is 12.0. The van der Waals surface area contributed by atoms with E-state index >= 15 is 0 Å². The molecule has 0 saturated heterocycles. The fourth-order valence-corrected chi connectivity index (χ4v) is 2.88. The minimum Gasteiger partial charge on any atom is -0.363 e. The monoisotopic (exact) mass is 364 g/mol. The van der Waals surface area contributed by atoms with Crippen LogP contribution in [-0.2, 0) is 6.54 Å². The van der Waals surface area contributed by atoms with Gasteiger partial charge < -0.3 is 10.6 Å². The molecule has 0 amide bonds. The van der Waals surface area contributed by atoms with Crippen molar-refractivity contribution >= 4 is 17.3 Å². The molecule has 0 spiro atoms. The highest BCUT2D eigenvalue weighted by Crippen LogP contribution is 2.23. The standard InChI is InChI=1S/C21H24N4S/c1-2-3-14-22-21(26)23-15-18-16-25(19-12-8-5-9-13-19)24-20(18)17-10-6-4-7-11-17/h4-13,16H,2-3,14-15H2,1H3,(H2,22,23,26). The van der Waals surface area contributed by atoms with E-state index in [0.717, 1.165) is 41.9 Å². The Morgan fingerprint density at radius 3 is 2.38 bits per heavy atom. The van der Waals surface area contributed by atoms with Gasteiger partial charge in [-0.15, -0.1) is 0 Å². The molecule has 4 nitrogen and oxygen atoms in total. The topological polar surface area (TPSA) is 41.9 Å². The van der Waals surface area contributed by atoms with Crippen molar-refractivity contribution in [3.05, 3.63) is 72.4 Å². The van der Waals surface area contributed by atoms with Gasteiger partial charge in [-0.3, -0.25) is 0 Å².